The maximum atomic E-state index is 13.1. The monoisotopic (exact) mass is 243 g/mol. The molecule has 0 aromatic heterocycles. The van der Waals surface area contributed by atoms with Crippen molar-refractivity contribution in [3.05, 3.63) is 29.3 Å². The van der Waals surface area contributed by atoms with Crippen molar-refractivity contribution in [1.82, 2.24) is 5.32 Å². The van der Waals surface area contributed by atoms with Gasteiger partial charge in [-0.3, -0.25) is 0 Å². The Hall–Kier alpha value is -1.20. The summed E-state index contributed by atoms with van der Waals surface area (Å²) < 4.78 is 26.1. The largest absolute Gasteiger partial charge is 0.503 e. The fourth-order valence-corrected chi connectivity index (χ4v) is 2.00. The highest BCUT2D eigenvalue weighted by Gasteiger charge is 2.35. The lowest BCUT2D eigenvalue weighted by Crippen LogP contribution is -2.53. The minimum Gasteiger partial charge on any atom is -0.503 e. The molecule has 0 amide bonds. The lowest BCUT2D eigenvalue weighted by molar-refractivity contribution is 0.0871. The highest BCUT2D eigenvalue weighted by molar-refractivity contribution is 5.30. The van der Waals surface area contributed by atoms with Gasteiger partial charge in [-0.2, -0.15) is 0 Å². The summed E-state index contributed by atoms with van der Waals surface area (Å²) in [6.07, 6.45) is 2.78. The SMILES string of the molecule is OCC1(NCc2cc(F)c(O)c(F)c2)CCC1. The van der Waals surface area contributed by atoms with E-state index in [-0.39, 0.29) is 18.7 Å². The molecule has 1 fully saturated rings. The predicted molar refractivity (Wildman–Crippen MR) is 58.5 cm³/mol. The highest BCUT2D eigenvalue weighted by atomic mass is 19.1. The zero-order valence-electron chi connectivity index (χ0n) is 9.34. The zero-order valence-corrected chi connectivity index (χ0v) is 9.34. The van der Waals surface area contributed by atoms with Gasteiger partial charge in [0.2, 0.25) is 0 Å². The first-order valence-corrected chi connectivity index (χ1v) is 5.59. The van der Waals surface area contributed by atoms with Crippen molar-refractivity contribution in [2.24, 2.45) is 0 Å². The van der Waals surface area contributed by atoms with Crippen molar-refractivity contribution in [2.75, 3.05) is 6.61 Å². The van der Waals surface area contributed by atoms with E-state index in [1.165, 1.54) is 0 Å². The van der Waals surface area contributed by atoms with Gasteiger partial charge in [-0.05, 0) is 37.0 Å². The fraction of sp³-hybridized carbons (Fsp3) is 0.500. The van der Waals surface area contributed by atoms with Gasteiger partial charge in [0.25, 0.3) is 0 Å². The average Bonchev–Trinajstić information content (AvgIpc) is 2.25. The van der Waals surface area contributed by atoms with E-state index >= 15 is 0 Å². The van der Waals surface area contributed by atoms with E-state index in [9.17, 15) is 13.9 Å². The number of phenolic OH excluding ortho intramolecular Hbond substituents is 1. The molecule has 0 bridgehead atoms. The maximum Gasteiger partial charge on any atom is 0.187 e. The third-order valence-corrected chi connectivity index (χ3v) is 3.36. The number of aromatic hydroxyl groups is 1. The van der Waals surface area contributed by atoms with Crippen LogP contribution in [-0.2, 0) is 6.54 Å². The number of halogens is 2. The van der Waals surface area contributed by atoms with Crippen LogP contribution in [0.3, 0.4) is 0 Å². The van der Waals surface area contributed by atoms with E-state index in [0.29, 0.717) is 5.56 Å². The molecule has 0 saturated heterocycles. The second-order valence-corrected chi connectivity index (χ2v) is 4.55. The molecule has 3 nitrogen and oxygen atoms in total. The fourth-order valence-electron chi connectivity index (χ4n) is 2.00. The first-order chi connectivity index (χ1) is 8.06. The van der Waals surface area contributed by atoms with Gasteiger partial charge < -0.3 is 15.5 Å². The Morgan fingerprint density at radius 1 is 1.24 bits per heavy atom. The maximum absolute atomic E-state index is 13.1. The minimum atomic E-state index is -0.964. The molecule has 0 atom stereocenters. The van der Waals surface area contributed by atoms with Crippen LogP contribution in [0.4, 0.5) is 8.78 Å². The summed E-state index contributed by atoms with van der Waals surface area (Å²) >= 11 is 0. The molecule has 1 aromatic rings. The number of benzene rings is 1. The van der Waals surface area contributed by atoms with Gasteiger partial charge in [0, 0.05) is 12.1 Å². The summed E-state index contributed by atoms with van der Waals surface area (Å²) in [5, 5.41) is 21.3. The van der Waals surface area contributed by atoms with Crippen LogP contribution in [0.5, 0.6) is 5.75 Å². The third kappa shape index (κ3) is 2.40. The Morgan fingerprint density at radius 2 is 1.82 bits per heavy atom. The Kier molecular flexibility index (Phi) is 3.31. The number of aliphatic hydroxyl groups is 1. The molecule has 5 heteroatoms. The predicted octanol–water partition coefficient (Wildman–Crippen LogP) is 1.67. The van der Waals surface area contributed by atoms with Crippen molar-refractivity contribution in [2.45, 2.75) is 31.3 Å². The normalized spacial score (nSPS) is 17.8. The quantitative estimate of drug-likeness (QED) is 0.754. The average molecular weight is 243 g/mol. The van der Waals surface area contributed by atoms with Crippen LogP contribution in [0.2, 0.25) is 0 Å². The van der Waals surface area contributed by atoms with Crippen LogP contribution in [0.1, 0.15) is 24.8 Å². The van der Waals surface area contributed by atoms with Crippen molar-refractivity contribution in [3.8, 4) is 5.75 Å². The number of hydrogen-bond donors (Lipinski definition) is 3. The molecule has 0 radical (unpaired) electrons. The first-order valence-electron chi connectivity index (χ1n) is 5.59. The van der Waals surface area contributed by atoms with Crippen LogP contribution in [0.15, 0.2) is 12.1 Å². The van der Waals surface area contributed by atoms with Gasteiger partial charge in [0.1, 0.15) is 0 Å². The Morgan fingerprint density at radius 3 is 2.24 bits per heavy atom. The topological polar surface area (TPSA) is 52.5 Å². The van der Waals surface area contributed by atoms with Crippen molar-refractivity contribution in [3.63, 3.8) is 0 Å². The minimum absolute atomic E-state index is 0.0239. The van der Waals surface area contributed by atoms with E-state index in [2.05, 4.69) is 5.32 Å². The first kappa shape index (κ1) is 12.3. The van der Waals surface area contributed by atoms with Gasteiger partial charge in [-0.1, -0.05) is 0 Å². The zero-order chi connectivity index (χ0) is 12.5. The molecule has 1 saturated carbocycles. The van der Waals surface area contributed by atoms with Gasteiger partial charge in [0.05, 0.1) is 6.61 Å². The van der Waals surface area contributed by atoms with Crippen LogP contribution >= 0.6 is 0 Å². The Balaban J connectivity index is 2.04. The molecule has 3 N–H and O–H groups in total. The number of hydrogen-bond acceptors (Lipinski definition) is 3. The van der Waals surface area contributed by atoms with E-state index in [1.807, 2.05) is 0 Å². The summed E-state index contributed by atoms with van der Waals surface area (Å²) in [5.74, 6) is -2.88. The van der Waals surface area contributed by atoms with Crippen LogP contribution in [0, 0.1) is 11.6 Å². The molecule has 17 heavy (non-hydrogen) atoms. The van der Waals surface area contributed by atoms with E-state index in [4.69, 9.17) is 5.11 Å². The Bertz CT molecular complexity index is 390. The molecular formula is C12H15F2NO2. The number of rotatable bonds is 4. The molecule has 1 aliphatic carbocycles. The van der Waals surface area contributed by atoms with Gasteiger partial charge in [-0.15, -0.1) is 0 Å². The summed E-state index contributed by atoms with van der Waals surface area (Å²) in [5.41, 5.74) is 0.114. The van der Waals surface area contributed by atoms with Crippen LogP contribution < -0.4 is 5.32 Å². The lowest BCUT2D eigenvalue weighted by atomic mass is 9.77. The summed E-state index contributed by atoms with van der Waals surface area (Å²) in [6, 6.07) is 2.18. The molecule has 2 rings (SSSR count). The van der Waals surface area contributed by atoms with E-state index < -0.39 is 17.4 Å². The molecule has 1 aromatic carbocycles. The molecule has 0 aliphatic heterocycles. The standard InChI is InChI=1S/C12H15F2NO2/c13-9-4-8(5-10(14)11(9)17)6-15-12(7-16)2-1-3-12/h4-5,15-17H,1-3,6-7H2. The van der Waals surface area contributed by atoms with Crippen LogP contribution in [-0.4, -0.2) is 22.4 Å². The van der Waals surface area contributed by atoms with Gasteiger partial charge >= 0.3 is 0 Å². The molecular weight excluding hydrogens is 228 g/mol. The molecule has 94 valence electrons. The summed E-state index contributed by atoms with van der Waals surface area (Å²) in [7, 11) is 0. The molecule has 0 spiro atoms. The number of aliphatic hydroxyl groups excluding tert-OH is 1. The van der Waals surface area contributed by atoms with Crippen molar-refractivity contribution in [1.29, 1.82) is 0 Å². The highest BCUT2D eigenvalue weighted by Crippen LogP contribution is 2.31. The lowest BCUT2D eigenvalue weighted by Gasteiger charge is -2.41. The summed E-state index contributed by atoms with van der Waals surface area (Å²) in [6.45, 7) is 0.296. The van der Waals surface area contributed by atoms with E-state index in [0.717, 1.165) is 31.4 Å². The Labute approximate surface area is 98.1 Å². The smallest absolute Gasteiger partial charge is 0.187 e. The second-order valence-electron chi connectivity index (χ2n) is 4.55. The molecule has 0 unspecified atom stereocenters. The summed E-state index contributed by atoms with van der Waals surface area (Å²) in [4.78, 5) is 0. The molecule has 1 aliphatic rings. The number of nitrogens with one attached hydrogen (secondary N) is 1. The van der Waals surface area contributed by atoms with Gasteiger partial charge in [0.15, 0.2) is 17.4 Å². The molecule has 0 heterocycles. The second kappa shape index (κ2) is 4.58. The number of phenols is 1. The van der Waals surface area contributed by atoms with Crippen LogP contribution in [0.25, 0.3) is 0 Å². The van der Waals surface area contributed by atoms with Crippen molar-refractivity contribution >= 4 is 0 Å². The van der Waals surface area contributed by atoms with Gasteiger partial charge in [-0.25, -0.2) is 8.78 Å². The third-order valence-electron chi connectivity index (χ3n) is 3.36. The van der Waals surface area contributed by atoms with E-state index in [1.54, 1.807) is 0 Å². The van der Waals surface area contributed by atoms with Crippen molar-refractivity contribution < 1.29 is 19.0 Å².